The van der Waals surface area contributed by atoms with Gasteiger partial charge in [-0.15, -0.1) is 0 Å². The molecule has 5 aromatic rings. The molecule has 5 rings (SSSR count). The lowest BCUT2D eigenvalue weighted by atomic mass is 10.2. The third-order valence-electron chi connectivity index (χ3n) is 5.83. The average Bonchev–Trinajstić information content (AvgIpc) is 3.02. The predicted molar refractivity (Wildman–Crippen MR) is 163 cm³/mol. The van der Waals surface area contributed by atoms with E-state index >= 15 is 0 Å². The molecule has 44 heavy (non-hydrogen) atoms. The van der Waals surface area contributed by atoms with Gasteiger partial charge in [0.1, 0.15) is 0 Å². The highest BCUT2D eigenvalue weighted by molar-refractivity contribution is 5.81. The quantitative estimate of drug-likeness (QED) is 0.0817. The van der Waals surface area contributed by atoms with Crippen molar-refractivity contribution in [3.05, 3.63) is 123 Å². The Hall–Kier alpha value is -6.64. The standard InChI is InChI=1S/C29H23N9O6/c1-43-26-16-19(12-14-25(26)44-24-15-13-22(37(39)40)17-23(24)38(41)42)18-30-36-29-34-27(31-20-8-4-2-5-9-20)33-28(35-29)32-21-10-6-3-7-11-21/h2-18H,1H3,(H3,31,32,33,34,35,36)/b30-18-. The van der Waals surface area contributed by atoms with E-state index in [1.807, 2.05) is 60.7 Å². The Kier molecular flexibility index (Phi) is 8.76. The van der Waals surface area contributed by atoms with Crippen molar-refractivity contribution >= 4 is 46.8 Å². The summed E-state index contributed by atoms with van der Waals surface area (Å²) in [6, 6.07) is 26.7. The maximum atomic E-state index is 11.5. The number of nitro benzene ring substituents is 2. The Bertz CT molecular complexity index is 1760. The first kappa shape index (κ1) is 28.9. The minimum Gasteiger partial charge on any atom is -0.493 e. The number of nitrogens with one attached hydrogen (secondary N) is 3. The molecule has 0 aliphatic rings. The SMILES string of the molecule is COc1cc(/C=N\Nc2nc(Nc3ccccc3)nc(Nc3ccccc3)n2)ccc1Oc1ccc([N+](=O)[O-])cc1[N+](=O)[O-]. The van der Waals surface area contributed by atoms with E-state index in [-0.39, 0.29) is 35.1 Å². The molecule has 4 aromatic carbocycles. The Morgan fingerprint density at radius 2 is 1.30 bits per heavy atom. The van der Waals surface area contributed by atoms with Gasteiger partial charge in [0.2, 0.25) is 23.6 Å². The summed E-state index contributed by atoms with van der Waals surface area (Å²) in [5.41, 5.74) is 3.96. The minimum atomic E-state index is -0.760. The fraction of sp³-hybridized carbons (Fsp3) is 0.0345. The zero-order chi connectivity index (χ0) is 30.9. The van der Waals surface area contributed by atoms with Crippen LogP contribution in [0, 0.1) is 20.2 Å². The maximum absolute atomic E-state index is 11.5. The van der Waals surface area contributed by atoms with E-state index in [1.165, 1.54) is 19.4 Å². The number of ether oxygens (including phenoxy) is 2. The van der Waals surface area contributed by atoms with Crippen LogP contribution in [0.3, 0.4) is 0 Å². The van der Waals surface area contributed by atoms with Crippen LogP contribution in [0.5, 0.6) is 17.2 Å². The molecule has 0 amide bonds. The lowest BCUT2D eigenvalue weighted by molar-refractivity contribution is -0.394. The molecule has 0 fully saturated rings. The fourth-order valence-electron chi connectivity index (χ4n) is 3.82. The van der Waals surface area contributed by atoms with Gasteiger partial charge in [-0.2, -0.15) is 20.1 Å². The van der Waals surface area contributed by atoms with Crippen molar-refractivity contribution in [3.63, 3.8) is 0 Å². The number of hydrogen-bond acceptors (Lipinski definition) is 13. The molecule has 1 heterocycles. The molecule has 15 nitrogen and oxygen atoms in total. The Morgan fingerprint density at radius 3 is 1.86 bits per heavy atom. The van der Waals surface area contributed by atoms with Crippen molar-refractivity contribution in [2.45, 2.75) is 0 Å². The third-order valence-corrected chi connectivity index (χ3v) is 5.83. The zero-order valence-corrected chi connectivity index (χ0v) is 22.9. The van der Waals surface area contributed by atoms with Gasteiger partial charge in [-0.3, -0.25) is 20.2 Å². The molecular formula is C29H23N9O6. The summed E-state index contributed by atoms with van der Waals surface area (Å²) in [6.45, 7) is 0. The van der Waals surface area contributed by atoms with Crippen LogP contribution >= 0.6 is 0 Å². The topological polar surface area (TPSA) is 192 Å². The molecule has 3 N–H and O–H groups in total. The van der Waals surface area contributed by atoms with Crippen molar-refractivity contribution in [1.82, 2.24) is 15.0 Å². The summed E-state index contributed by atoms with van der Waals surface area (Å²) in [5, 5.41) is 33.0. The van der Waals surface area contributed by atoms with E-state index in [2.05, 4.69) is 36.1 Å². The number of methoxy groups -OCH3 is 1. The van der Waals surface area contributed by atoms with Gasteiger partial charge < -0.3 is 20.1 Å². The lowest BCUT2D eigenvalue weighted by Crippen LogP contribution is -2.07. The van der Waals surface area contributed by atoms with Crippen molar-refractivity contribution in [3.8, 4) is 17.2 Å². The van der Waals surface area contributed by atoms with E-state index in [0.717, 1.165) is 29.6 Å². The summed E-state index contributed by atoms with van der Waals surface area (Å²) in [6.07, 6.45) is 1.49. The molecule has 15 heteroatoms. The van der Waals surface area contributed by atoms with Crippen molar-refractivity contribution < 1.29 is 19.3 Å². The first-order chi connectivity index (χ1) is 21.4. The summed E-state index contributed by atoms with van der Waals surface area (Å²) >= 11 is 0. The lowest BCUT2D eigenvalue weighted by Gasteiger charge is -2.11. The van der Waals surface area contributed by atoms with Crippen LogP contribution in [0.15, 0.2) is 102 Å². The molecule has 0 aliphatic carbocycles. The molecule has 0 radical (unpaired) electrons. The molecular weight excluding hydrogens is 570 g/mol. The monoisotopic (exact) mass is 593 g/mol. The number of aromatic nitrogens is 3. The van der Waals surface area contributed by atoms with Crippen LogP contribution in [0.4, 0.5) is 40.6 Å². The highest BCUT2D eigenvalue weighted by Crippen LogP contribution is 2.38. The first-order valence-corrected chi connectivity index (χ1v) is 12.9. The molecule has 0 saturated heterocycles. The van der Waals surface area contributed by atoms with Crippen LogP contribution in [-0.4, -0.2) is 38.1 Å². The Balaban J connectivity index is 1.34. The predicted octanol–water partition coefficient (Wildman–Crippen LogP) is 6.42. The second kappa shape index (κ2) is 13.3. The van der Waals surface area contributed by atoms with Crippen molar-refractivity contribution in [2.75, 3.05) is 23.2 Å². The maximum Gasteiger partial charge on any atom is 0.318 e. The number of hydrazone groups is 1. The largest absolute Gasteiger partial charge is 0.493 e. The van der Waals surface area contributed by atoms with Gasteiger partial charge in [0.15, 0.2) is 11.5 Å². The number of hydrogen-bond donors (Lipinski definition) is 3. The number of anilines is 5. The number of non-ortho nitro benzene ring substituents is 1. The molecule has 0 aliphatic heterocycles. The number of nitrogens with zero attached hydrogens (tertiary/aromatic N) is 6. The molecule has 0 saturated carbocycles. The smallest absolute Gasteiger partial charge is 0.318 e. The number of para-hydroxylation sites is 2. The van der Waals surface area contributed by atoms with E-state index in [1.54, 1.807) is 12.1 Å². The van der Waals surface area contributed by atoms with Crippen LogP contribution in [0.25, 0.3) is 0 Å². The minimum absolute atomic E-state index is 0.153. The second-order valence-electron chi connectivity index (χ2n) is 8.84. The zero-order valence-electron chi connectivity index (χ0n) is 22.9. The third kappa shape index (κ3) is 7.35. The van der Waals surface area contributed by atoms with E-state index in [4.69, 9.17) is 9.47 Å². The summed E-state index contributed by atoms with van der Waals surface area (Å²) in [7, 11) is 1.40. The molecule has 0 atom stereocenters. The first-order valence-electron chi connectivity index (χ1n) is 12.9. The molecule has 1 aromatic heterocycles. The van der Waals surface area contributed by atoms with Crippen LogP contribution in [0.1, 0.15) is 5.56 Å². The normalized spacial score (nSPS) is 10.7. The van der Waals surface area contributed by atoms with Crippen LogP contribution < -0.4 is 25.5 Å². The van der Waals surface area contributed by atoms with Gasteiger partial charge in [0.05, 0.1) is 29.2 Å². The van der Waals surface area contributed by atoms with E-state index in [0.29, 0.717) is 5.56 Å². The Labute approximate surface area is 249 Å². The highest BCUT2D eigenvalue weighted by Gasteiger charge is 2.22. The fourth-order valence-corrected chi connectivity index (χ4v) is 3.82. The molecule has 0 bridgehead atoms. The molecule has 0 spiro atoms. The summed E-state index contributed by atoms with van der Waals surface area (Å²) in [4.78, 5) is 34.3. The van der Waals surface area contributed by atoms with Crippen LogP contribution in [0.2, 0.25) is 0 Å². The molecule has 220 valence electrons. The van der Waals surface area contributed by atoms with Crippen LogP contribution in [-0.2, 0) is 0 Å². The summed E-state index contributed by atoms with van der Waals surface area (Å²) < 4.78 is 11.1. The van der Waals surface area contributed by atoms with Crippen molar-refractivity contribution in [1.29, 1.82) is 0 Å². The van der Waals surface area contributed by atoms with Gasteiger partial charge >= 0.3 is 5.69 Å². The van der Waals surface area contributed by atoms with Crippen molar-refractivity contribution in [2.24, 2.45) is 5.10 Å². The average molecular weight is 594 g/mol. The van der Waals surface area contributed by atoms with Gasteiger partial charge in [-0.1, -0.05) is 36.4 Å². The van der Waals surface area contributed by atoms with E-state index < -0.39 is 21.2 Å². The highest BCUT2D eigenvalue weighted by atomic mass is 16.6. The Morgan fingerprint density at radius 1 is 0.705 bits per heavy atom. The molecule has 0 unspecified atom stereocenters. The second-order valence-corrected chi connectivity index (χ2v) is 8.84. The van der Waals surface area contributed by atoms with E-state index in [9.17, 15) is 20.2 Å². The van der Waals surface area contributed by atoms with Gasteiger partial charge in [-0.05, 0) is 54.1 Å². The number of rotatable bonds is 12. The van der Waals surface area contributed by atoms with Gasteiger partial charge in [0.25, 0.3) is 5.69 Å². The number of benzene rings is 4. The summed E-state index contributed by atoms with van der Waals surface area (Å²) in [5.74, 6) is 0.935. The number of nitro groups is 2. The van der Waals surface area contributed by atoms with Gasteiger partial charge in [-0.25, -0.2) is 5.43 Å². The van der Waals surface area contributed by atoms with Gasteiger partial charge in [0, 0.05) is 17.4 Å².